The molecule has 3 rings (SSSR count). The maximum absolute atomic E-state index is 12.1. The van der Waals surface area contributed by atoms with E-state index in [0.717, 1.165) is 4.57 Å². The maximum Gasteiger partial charge on any atom is 0.332 e. The number of hydrogen-bond donors (Lipinski definition) is 2. The van der Waals surface area contributed by atoms with Crippen molar-refractivity contribution in [3.05, 3.63) is 44.2 Å². The van der Waals surface area contributed by atoms with E-state index < -0.39 is 11.2 Å². The zero-order valence-corrected chi connectivity index (χ0v) is 14.1. The summed E-state index contributed by atoms with van der Waals surface area (Å²) in [6.07, 6.45) is 1.13. The van der Waals surface area contributed by atoms with Crippen LogP contribution in [0.25, 0.3) is 11.2 Å². The van der Waals surface area contributed by atoms with Crippen LogP contribution in [0.1, 0.15) is 28.5 Å². The molecule has 25 heavy (non-hydrogen) atoms. The van der Waals surface area contributed by atoms with Crippen molar-refractivity contribution in [3.63, 3.8) is 0 Å². The van der Waals surface area contributed by atoms with Crippen molar-refractivity contribution < 1.29 is 9.32 Å². The summed E-state index contributed by atoms with van der Waals surface area (Å²) in [6, 6.07) is 1.56. The standard InChI is InChI=1S/C15H18N6O4/c1-8-7-9(19-25-8)13(22)16-6-4-5-10-17-11-12(18-10)20(2)15(24)21(3)14(11)23/h7H,4-6H2,1-3H3,(H,16,22)(H,17,18). The third-order valence-electron chi connectivity index (χ3n) is 3.88. The minimum atomic E-state index is -0.425. The SMILES string of the molecule is Cc1cc(C(=O)NCCCc2nc3c([nH]2)c(=O)n(C)c(=O)n3C)no1. The summed E-state index contributed by atoms with van der Waals surface area (Å²) >= 11 is 0. The Kier molecular flexibility index (Phi) is 4.26. The summed E-state index contributed by atoms with van der Waals surface area (Å²) in [5.41, 5.74) is 0.0175. The average Bonchev–Trinajstić information content (AvgIpc) is 3.21. The number of nitrogens with zero attached hydrogens (tertiary/aromatic N) is 4. The van der Waals surface area contributed by atoms with Gasteiger partial charge in [-0.1, -0.05) is 5.16 Å². The fourth-order valence-corrected chi connectivity index (χ4v) is 2.51. The van der Waals surface area contributed by atoms with Crippen molar-refractivity contribution in [1.29, 1.82) is 0 Å². The highest BCUT2D eigenvalue weighted by Gasteiger charge is 2.14. The highest BCUT2D eigenvalue weighted by molar-refractivity contribution is 5.92. The normalized spacial score (nSPS) is 11.2. The van der Waals surface area contributed by atoms with Crippen LogP contribution >= 0.6 is 0 Å². The molecular weight excluding hydrogens is 328 g/mol. The van der Waals surface area contributed by atoms with E-state index in [2.05, 4.69) is 20.4 Å². The first kappa shape index (κ1) is 16.7. The van der Waals surface area contributed by atoms with Crippen molar-refractivity contribution in [1.82, 2.24) is 29.6 Å². The number of aromatic nitrogens is 5. The number of aryl methyl sites for hydroxylation is 3. The topological polar surface area (TPSA) is 128 Å². The highest BCUT2D eigenvalue weighted by Crippen LogP contribution is 2.06. The summed E-state index contributed by atoms with van der Waals surface area (Å²) in [6.45, 7) is 2.13. The summed E-state index contributed by atoms with van der Waals surface area (Å²) in [7, 11) is 2.99. The van der Waals surface area contributed by atoms with Crippen LogP contribution in [-0.4, -0.2) is 36.7 Å². The van der Waals surface area contributed by atoms with Crippen LogP contribution in [0.15, 0.2) is 20.2 Å². The van der Waals surface area contributed by atoms with Crippen LogP contribution < -0.4 is 16.6 Å². The van der Waals surface area contributed by atoms with E-state index in [0.29, 0.717) is 42.1 Å². The lowest BCUT2D eigenvalue weighted by Crippen LogP contribution is -2.36. The van der Waals surface area contributed by atoms with Gasteiger partial charge in [0, 0.05) is 33.1 Å². The number of rotatable bonds is 5. The number of carbonyl (C=O) groups excluding carboxylic acids is 1. The van der Waals surface area contributed by atoms with Crippen LogP contribution in [0.5, 0.6) is 0 Å². The van der Waals surface area contributed by atoms with E-state index in [9.17, 15) is 14.4 Å². The van der Waals surface area contributed by atoms with Crippen LogP contribution in [-0.2, 0) is 20.5 Å². The molecule has 0 spiro atoms. The molecule has 10 nitrogen and oxygen atoms in total. The number of nitrogens with one attached hydrogen (secondary N) is 2. The first-order valence-corrected chi connectivity index (χ1v) is 7.74. The Hall–Kier alpha value is -3.17. The molecule has 2 N–H and O–H groups in total. The van der Waals surface area contributed by atoms with Gasteiger partial charge in [0.2, 0.25) is 0 Å². The minimum Gasteiger partial charge on any atom is -0.361 e. The van der Waals surface area contributed by atoms with Crippen molar-refractivity contribution in [2.75, 3.05) is 6.54 Å². The molecule has 0 unspecified atom stereocenters. The number of imidazole rings is 1. The second-order valence-electron chi connectivity index (χ2n) is 5.77. The average molecular weight is 346 g/mol. The van der Waals surface area contributed by atoms with E-state index >= 15 is 0 Å². The molecule has 132 valence electrons. The molecule has 1 amide bonds. The van der Waals surface area contributed by atoms with Gasteiger partial charge in [0.25, 0.3) is 11.5 Å². The number of hydrogen-bond acceptors (Lipinski definition) is 6. The van der Waals surface area contributed by atoms with Crippen molar-refractivity contribution >= 4 is 17.1 Å². The van der Waals surface area contributed by atoms with Gasteiger partial charge in [-0.05, 0) is 13.3 Å². The number of amides is 1. The fourth-order valence-electron chi connectivity index (χ4n) is 2.51. The highest BCUT2D eigenvalue weighted by atomic mass is 16.5. The summed E-state index contributed by atoms with van der Waals surface area (Å²) in [5, 5.41) is 6.38. The Morgan fingerprint density at radius 3 is 2.76 bits per heavy atom. The van der Waals surface area contributed by atoms with E-state index in [-0.39, 0.29) is 11.6 Å². The Labute approximate surface area is 141 Å². The van der Waals surface area contributed by atoms with Gasteiger partial charge < -0.3 is 14.8 Å². The molecule has 0 aromatic carbocycles. The van der Waals surface area contributed by atoms with Gasteiger partial charge in [-0.25, -0.2) is 9.78 Å². The number of aromatic amines is 1. The first-order valence-electron chi connectivity index (χ1n) is 7.74. The fraction of sp³-hybridized carbons (Fsp3) is 0.400. The predicted octanol–water partition coefficient (Wildman–Crippen LogP) is -0.381. The van der Waals surface area contributed by atoms with Crippen molar-refractivity contribution in [2.45, 2.75) is 19.8 Å². The molecule has 0 bridgehead atoms. The Bertz CT molecular complexity index is 1050. The molecule has 3 aromatic heterocycles. The van der Waals surface area contributed by atoms with Gasteiger partial charge >= 0.3 is 5.69 Å². The van der Waals surface area contributed by atoms with E-state index in [4.69, 9.17) is 4.52 Å². The molecule has 0 saturated carbocycles. The second kappa shape index (κ2) is 6.38. The van der Waals surface area contributed by atoms with Gasteiger partial charge in [-0.2, -0.15) is 0 Å². The largest absolute Gasteiger partial charge is 0.361 e. The molecular formula is C15H18N6O4. The van der Waals surface area contributed by atoms with Crippen molar-refractivity contribution in [3.8, 4) is 0 Å². The predicted molar refractivity (Wildman–Crippen MR) is 88.5 cm³/mol. The van der Waals surface area contributed by atoms with Crippen LogP contribution in [0.3, 0.4) is 0 Å². The molecule has 3 heterocycles. The van der Waals surface area contributed by atoms with E-state index in [1.807, 2.05) is 0 Å². The third kappa shape index (κ3) is 3.10. The van der Waals surface area contributed by atoms with Gasteiger partial charge in [-0.15, -0.1) is 0 Å². The molecule has 0 atom stereocenters. The molecule has 0 aliphatic heterocycles. The quantitative estimate of drug-likeness (QED) is 0.606. The molecule has 0 fully saturated rings. The number of carbonyl (C=O) groups is 1. The summed E-state index contributed by atoms with van der Waals surface area (Å²) in [4.78, 5) is 43.1. The molecule has 0 saturated heterocycles. The van der Waals surface area contributed by atoms with Crippen LogP contribution in [0, 0.1) is 6.92 Å². The molecule has 10 heteroatoms. The van der Waals surface area contributed by atoms with Gasteiger partial charge in [-0.3, -0.25) is 18.7 Å². The Morgan fingerprint density at radius 1 is 1.32 bits per heavy atom. The molecule has 0 aliphatic rings. The number of H-pyrrole nitrogens is 1. The minimum absolute atomic E-state index is 0.236. The number of fused-ring (bicyclic) bond motifs is 1. The zero-order valence-electron chi connectivity index (χ0n) is 14.1. The van der Waals surface area contributed by atoms with Crippen LogP contribution in [0.2, 0.25) is 0 Å². The zero-order chi connectivity index (χ0) is 18.1. The van der Waals surface area contributed by atoms with Crippen molar-refractivity contribution in [2.24, 2.45) is 14.1 Å². The monoisotopic (exact) mass is 346 g/mol. The van der Waals surface area contributed by atoms with E-state index in [1.165, 1.54) is 11.6 Å². The lowest BCUT2D eigenvalue weighted by molar-refractivity contribution is 0.0944. The lowest BCUT2D eigenvalue weighted by atomic mass is 10.3. The smallest absolute Gasteiger partial charge is 0.332 e. The molecule has 3 aromatic rings. The first-order chi connectivity index (χ1) is 11.9. The van der Waals surface area contributed by atoms with Gasteiger partial charge in [0.1, 0.15) is 17.1 Å². The maximum atomic E-state index is 12.1. The molecule has 0 radical (unpaired) electrons. The Morgan fingerprint density at radius 2 is 2.08 bits per heavy atom. The van der Waals surface area contributed by atoms with Crippen LogP contribution in [0.4, 0.5) is 0 Å². The Balaban J connectivity index is 1.65. The van der Waals surface area contributed by atoms with Gasteiger partial charge in [0.05, 0.1) is 0 Å². The third-order valence-corrected chi connectivity index (χ3v) is 3.88. The second-order valence-corrected chi connectivity index (χ2v) is 5.77. The molecule has 0 aliphatic carbocycles. The summed E-state index contributed by atoms with van der Waals surface area (Å²) < 4.78 is 7.21. The lowest BCUT2D eigenvalue weighted by Gasteiger charge is -2.01. The van der Waals surface area contributed by atoms with Gasteiger partial charge in [0.15, 0.2) is 11.3 Å². The van der Waals surface area contributed by atoms with E-state index in [1.54, 1.807) is 20.0 Å². The summed E-state index contributed by atoms with van der Waals surface area (Å²) in [5.74, 6) is 0.845.